The number of pyridine rings is 2. The van der Waals surface area contributed by atoms with E-state index in [-0.39, 0.29) is 22.2 Å². The zero-order valence-electron chi connectivity index (χ0n) is 48.2. The molecule has 4 heterocycles. The Kier molecular flexibility index (Phi) is 27.6. The van der Waals surface area contributed by atoms with Gasteiger partial charge in [-0.15, -0.1) is 0 Å². The van der Waals surface area contributed by atoms with Crippen molar-refractivity contribution in [2.45, 2.75) is 75.5 Å². The van der Waals surface area contributed by atoms with E-state index in [1.165, 1.54) is 46.8 Å². The van der Waals surface area contributed by atoms with Gasteiger partial charge in [-0.25, -0.2) is 16.8 Å². The van der Waals surface area contributed by atoms with Crippen LogP contribution in [0, 0.1) is 39.5 Å². The van der Waals surface area contributed by atoms with Gasteiger partial charge < -0.3 is 46.1 Å². The van der Waals surface area contributed by atoms with Crippen molar-refractivity contribution in [1.82, 2.24) is 34.5 Å². The molecule has 0 unspecified atom stereocenters. The van der Waals surface area contributed by atoms with E-state index in [1.54, 1.807) is 64.4 Å². The van der Waals surface area contributed by atoms with E-state index in [0.29, 0.717) is 46.2 Å². The van der Waals surface area contributed by atoms with Gasteiger partial charge >= 0.3 is 29.9 Å². The van der Waals surface area contributed by atoms with E-state index >= 15 is 0 Å². The van der Waals surface area contributed by atoms with Crippen molar-refractivity contribution >= 4 is 66.7 Å². The molecule has 0 spiro atoms. The number of aliphatic carboxylic acids is 1. The molecule has 2 aromatic heterocycles. The highest BCUT2D eigenvalue weighted by Gasteiger charge is 2.54. The zero-order chi connectivity index (χ0) is 64.0. The van der Waals surface area contributed by atoms with Gasteiger partial charge in [0.1, 0.15) is 18.0 Å². The van der Waals surface area contributed by atoms with E-state index in [1.807, 2.05) is 24.5 Å². The van der Waals surface area contributed by atoms with E-state index in [0.717, 1.165) is 65.8 Å². The average Bonchev–Trinajstić information content (AvgIpc) is 2.56. The van der Waals surface area contributed by atoms with E-state index < -0.39 is 81.4 Å². The number of likely N-dealkylation sites (N-methyl/N-ethyl adjacent to an activating group) is 2. The van der Waals surface area contributed by atoms with Crippen molar-refractivity contribution < 1.29 is 86.5 Å². The summed E-state index contributed by atoms with van der Waals surface area (Å²) in [4.78, 5) is 78.9. The molecule has 31 heteroatoms. The Morgan fingerprint density at radius 2 is 0.918 bits per heavy atom. The number of carbonyl (C=O) groups excluding carboxylic acids is 5. The number of aryl methyl sites for hydroxylation is 4. The Balaban J connectivity index is 0.000000328. The maximum atomic E-state index is 13.1. The topological polar surface area (TPSA) is 310 Å². The quantitative estimate of drug-likeness (QED) is 0.0614. The lowest BCUT2D eigenvalue weighted by Gasteiger charge is -2.33. The second-order valence-corrected chi connectivity index (χ2v) is 23.6. The first-order valence-electron chi connectivity index (χ1n) is 26.1. The van der Waals surface area contributed by atoms with Crippen LogP contribution in [0.2, 0.25) is 0 Å². The molecule has 2 aliphatic heterocycles. The maximum absolute atomic E-state index is 13.1. The van der Waals surface area contributed by atoms with Gasteiger partial charge in [0, 0.05) is 83.0 Å². The number of sulfonamides is 2. The third-order valence-corrected chi connectivity index (χ3v) is 17.4. The lowest BCUT2D eigenvalue weighted by atomic mass is 9.96. The molecular weight excluding hydrogens is 1170 g/mol. The Morgan fingerprint density at radius 3 is 1.22 bits per heavy atom. The predicted molar refractivity (Wildman–Crippen MR) is 301 cm³/mol. The fourth-order valence-corrected chi connectivity index (χ4v) is 11.8. The molecule has 85 heavy (non-hydrogen) atoms. The zero-order valence-corrected chi connectivity index (χ0v) is 49.8. The standard InChI is InChI=1S/C25H35N5O5S.C14H20N2O6S.C11H17N3.C4F6O2/c1-18-13-22(35-4)14-19(2)25(18)36(33,34)29(3)17-24(32)28-16-23(31)27-15-20-7-11-30(12-8-20)21-5-9-26-10-6-21;1-9-5-11(22-4)6-10(2)14(9)23(20,21)16(3)8-12(17)15-7-13(18)19;12-9-10-3-7-14(8-4-10)11-1-5-13-6-2-11;5-3(6,7)1(11)2(12)4(8,9)10/h5-6,9-10,13-14,20H,7-8,11-12,15-17H2,1-4H3,(H,27,31)(H,28,32);5-6H,7-8H2,1-4H3,(H,15,17)(H,18,19);1-2,5-6,10H,3-4,7-9,12H2;. The predicted octanol–water partition coefficient (Wildman–Crippen LogP) is 4.12. The van der Waals surface area contributed by atoms with Crippen molar-refractivity contribution in [2.75, 3.05) is 104 Å². The molecule has 6 N–H and O–H groups in total. The number of nitrogens with zero attached hydrogens (tertiary/aromatic N) is 6. The van der Waals surface area contributed by atoms with Crippen LogP contribution in [0.5, 0.6) is 11.5 Å². The van der Waals surface area contributed by atoms with Gasteiger partial charge in [0.05, 0.1) is 43.6 Å². The van der Waals surface area contributed by atoms with Crippen LogP contribution in [0.15, 0.2) is 83.1 Å². The van der Waals surface area contributed by atoms with Gasteiger partial charge in [0.25, 0.3) is 0 Å². The molecule has 470 valence electrons. The molecule has 0 radical (unpaired) electrons. The number of nitrogens with two attached hydrogens (primary N) is 1. The van der Waals surface area contributed by atoms with Gasteiger partial charge in [0.2, 0.25) is 37.8 Å². The van der Waals surface area contributed by atoms with Crippen molar-refractivity contribution in [3.63, 3.8) is 0 Å². The number of carboxylic acid groups (broad SMARTS) is 1. The smallest absolute Gasteiger partial charge is 0.458 e. The fraction of sp³-hybridized carbons (Fsp3) is 0.481. The SMILES string of the molecule is COc1cc(C)c(S(=O)(=O)N(C)CC(=O)NCC(=O)NCC2CCN(c3ccncc3)CC2)c(C)c1.COc1cc(C)c(S(=O)(=O)N(C)CC(=O)NCC(=O)O)c(C)c1.NCC1CCN(c2ccncc2)CC1.O=C(C(=O)C(F)(F)F)C(F)(F)F. The molecule has 0 atom stereocenters. The number of ether oxygens (including phenoxy) is 2. The molecule has 0 aliphatic carbocycles. The number of carbonyl (C=O) groups is 6. The number of ketones is 2. The second-order valence-electron chi connectivity index (χ2n) is 19.6. The van der Waals surface area contributed by atoms with Crippen molar-refractivity contribution in [3.8, 4) is 11.5 Å². The molecule has 2 fully saturated rings. The highest BCUT2D eigenvalue weighted by atomic mass is 32.2. The molecule has 3 amide bonds. The van der Waals surface area contributed by atoms with Gasteiger partial charge in [-0.2, -0.15) is 35.0 Å². The Morgan fingerprint density at radius 1 is 0.588 bits per heavy atom. The second kappa shape index (κ2) is 32.7. The van der Waals surface area contributed by atoms with Crippen LogP contribution in [0.1, 0.15) is 47.9 Å². The number of methoxy groups -OCH3 is 2. The van der Waals surface area contributed by atoms with Gasteiger partial charge in [-0.1, -0.05) is 0 Å². The maximum Gasteiger partial charge on any atom is 0.458 e. The van der Waals surface area contributed by atoms with Crippen LogP contribution >= 0.6 is 0 Å². The summed E-state index contributed by atoms with van der Waals surface area (Å²) in [6, 6.07) is 14.6. The number of carboxylic acids is 1. The van der Waals surface area contributed by atoms with E-state index in [9.17, 15) is 71.9 Å². The molecule has 2 aliphatic rings. The monoisotopic (exact) mass is 1250 g/mol. The minimum absolute atomic E-state index is 0.104. The summed E-state index contributed by atoms with van der Waals surface area (Å²) in [7, 11) is -2.18. The van der Waals surface area contributed by atoms with Gasteiger partial charge in [-0.3, -0.25) is 38.7 Å². The summed E-state index contributed by atoms with van der Waals surface area (Å²) in [5, 5.41) is 16.0. The lowest BCUT2D eigenvalue weighted by Crippen LogP contribution is -2.44. The summed E-state index contributed by atoms with van der Waals surface area (Å²) in [6.45, 7) is 10.5. The summed E-state index contributed by atoms with van der Waals surface area (Å²) in [6.07, 6.45) is 0.0870. The van der Waals surface area contributed by atoms with Crippen LogP contribution in [0.3, 0.4) is 0 Å². The summed E-state index contributed by atoms with van der Waals surface area (Å²) >= 11 is 0. The summed E-state index contributed by atoms with van der Waals surface area (Å²) in [5.41, 5.74) is 10.2. The van der Waals surface area contributed by atoms with Crippen molar-refractivity contribution in [3.05, 3.63) is 95.6 Å². The highest BCUT2D eigenvalue weighted by Crippen LogP contribution is 2.30. The van der Waals surface area contributed by atoms with Gasteiger partial charge in [-0.05, 0) is 143 Å². The molecule has 4 aromatic rings. The largest absolute Gasteiger partial charge is 0.497 e. The number of aromatic nitrogens is 2. The minimum Gasteiger partial charge on any atom is -0.497 e. The number of hydrogen-bond donors (Lipinski definition) is 5. The Bertz CT molecular complexity index is 3060. The lowest BCUT2D eigenvalue weighted by molar-refractivity contribution is -0.193. The third kappa shape index (κ3) is 22.5. The Hall–Kier alpha value is -7.48. The minimum atomic E-state index is -5.77. The number of alkyl halides is 6. The first kappa shape index (κ1) is 71.8. The summed E-state index contributed by atoms with van der Waals surface area (Å²) in [5.74, 6) is -7.35. The molecule has 23 nitrogen and oxygen atoms in total. The van der Waals surface area contributed by atoms with Gasteiger partial charge in [0.15, 0.2) is 0 Å². The van der Waals surface area contributed by atoms with Crippen LogP contribution < -0.4 is 41.0 Å². The number of anilines is 2. The molecule has 6 rings (SSSR count). The number of Topliss-reactive ketones (excluding diaryl/α,β-unsaturated/α-hetero) is 2. The summed E-state index contributed by atoms with van der Waals surface area (Å²) < 4.78 is 130. The van der Waals surface area contributed by atoms with Crippen molar-refractivity contribution in [2.24, 2.45) is 17.6 Å². The highest BCUT2D eigenvalue weighted by molar-refractivity contribution is 7.89. The number of piperidine rings is 2. The number of amides is 3. The van der Waals surface area contributed by atoms with Crippen LogP contribution in [-0.2, 0) is 48.8 Å². The average molecular weight is 1250 g/mol. The van der Waals surface area contributed by atoms with Crippen LogP contribution in [-0.4, -0.2) is 182 Å². The van der Waals surface area contributed by atoms with Crippen LogP contribution in [0.4, 0.5) is 37.7 Å². The normalized spacial score (nSPS) is 14.1. The number of halogens is 6. The number of rotatable bonds is 20. The first-order chi connectivity index (χ1) is 39.7. The Labute approximate surface area is 489 Å². The van der Waals surface area contributed by atoms with E-state index in [4.69, 9.17) is 20.3 Å². The number of nitrogens with one attached hydrogen (secondary N) is 3. The first-order valence-corrected chi connectivity index (χ1v) is 29.0. The number of benzene rings is 2. The molecular formula is C54H72F6N10O13S2. The van der Waals surface area contributed by atoms with Crippen LogP contribution in [0.25, 0.3) is 0 Å². The van der Waals surface area contributed by atoms with Crippen molar-refractivity contribution in [1.29, 1.82) is 0 Å². The fourth-order valence-electron chi connectivity index (χ4n) is 8.73. The molecule has 2 saturated heterocycles. The molecule has 0 bridgehead atoms. The third-order valence-electron chi connectivity index (χ3n) is 13.2. The number of hydrogen-bond acceptors (Lipinski definition) is 17. The van der Waals surface area contributed by atoms with E-state index in [2.05, 4.69) is 47.9 Å². The molecule has 0 saturated carbocycles. The molecule has 2 aromatic carbocycles.